The zero-order valence-electron chi connectivity index (χ0n) is 10.0. The number of hydrogen-bond acceptors (Lipinski definition) is 2. The largest absolute Gasteiger partial charge is 0.497 e. The van der Waals surface area contributed by atoms with Gasteiger partial charge < -0.3 is 10.1 Å². The van der Waals surface area contributed by atoms with Crippen molar-refractivity contribution in [3.05, 3.63) is 65.2 Å². The highest BCUT2D eigenvalue weighted by molar-refractivity contribution is 5.99. The Kier molecular flexibility index (Phi) is 2.52. The molecule has 0 bridgehead atoms. The Bertz CT molecular complexity index is 593. The van der Waals surface area contributed by atoms with Crippen molar-refractivity contribution in [3.8, 4) is 5.75 Å². The summed E-state index contributed by atoms with van der Waals surface area (Å²) in [6.45, 7) is 0. The fourth-order valence-electron chi connectivity index (χ4n) is 2.31. The van der Waals surface area contributed by atoms with Crippen molar-refractivity contribution in [2.75, 3.05) is 7.11 Å². The van der Waals surface area contributed by atoms with E-state index in [1.807, 2.05) is 48.5 Å². The zero-order chi connectivity index (χ0) is 12.5. The fourth-order valence-corrected chi connectivity index (χ4v) is 2.31. The maximum absolute atomic E-state index is 11.9. The molecule has 0 fully saturated rings. The monoisotopic (exact) mass is 239 g/mol. The number of amides is 1. The molecule has 1 atom stereocenters. The fraction of sp³-hybridized carbons (Fsp3) is 0.133. The van der Waals surface area contributed by atoms with Gasteiger partial charge in [0.1, 0.15) is 5.75 Å². The van der Waals surface area contributed by atoms with Gasteiger partial charge in [-0.15, -0.1) is 0 Å². The molecule has 1 aliphatic heterocycles. The van der Waals surface area contributed by atoms with Gasteiger partial charge in [-0.1, -0.05) is 30.3 Å². The molecule has 2 aromatic rings. The maximum Gasteiger partial charge on any atom is 0.252 e. The molecule has 0 saturated heterocycles. The predicted molar refractivity (Wildman–Crippen MR) is 68.7 cm³/mol. The van der Waals surface area contributed by atoms with E-state index in [-0.39, 0.29) is 11.9 Å². The third-order valence-electron chi connectivity index (χ3n) is 3.22. The van der Waals surface area contributed by atoms with E-state index in [0.717, 1.165) is 22.4 Å². The second-order valence-electron chi connectivity index (χ2n) is 4.27. The third kappa shape index (κ3) is 1.64. The molecule has 0 aromatic heterocycles. The first kappa shape index (κ1) is 10.8. The van der Waals surface area contributed by atoms with Crippen LogP contribution in [0.2, 0.25) is 0 Å². The summed E-state index contributed by atoms with van der Waals surface area (Å²) in [5, 5.41) is 2.99. The van der Waals surface area contributed by atoms with Gasteiger partial charge in [0, 0.05) is 5.56 Å². The Balaban J connectivity index is 2.10. The van der Waals surface area contributed by atoms with Crippen LogP contribution in [-0.4, -0.2) is 13.0 Å². The Hall–Kier alpha value is -2.29. The smallest absolute Gasteiger partial charge is 0.252 e. The first-order valence-corrected chi connectivity index (χ1v) is 5.83. The lowest BCUT2D eigenvalue weighted by atomic mass is 9.98. The molecule has 1 aliphatic rings. The van der Waals surface area contributed by atoms with Crippen LogP contribution in [-0.2, 0) is 0 Å². The molecule has 18 heavy (non-hydrogen) atoms. The number of methoxy groups -OCH3 is 1. The van der Waals surface area contributed by atoms with Crippen molar-refractivity contribution in [2.24, 2.45) is 0 Å². The summed E-state index contributed by atoms with van der Waals surface area (Å²) in [5.41, 5.74) is 2.79. The molecule has 1 N–H and O–H groups in total. The average Bonchev–Trinajstić information content (AvgIpc) is 2.76. The number of nitrogens with one attached hydrogen (secondary N) is 1. The first-order chi connectivity index (χ1) is 8.79. The number of carbonyl (C=O) groups is 1. The van der Waals surface area contributed by atoms with Crippen molar-refractivity contribution in [3.63, 3.8) is 0 Å². The van der Waals surface area contributed by atoms with Gasteiger partial charge in [0.15, 0.2) is 0 Å². The standard InChI is InChI=1S/C15H13NO2/c1-18-11-7-8-12-13(9-11)14(16-15(12)17)10-5-3-2-4-6-10/h2-9,14H,1H3,(H,16,17)/t14-/m1/s1. The molecule has 0 aliphatic carbocycles. The molecule has 90 valence electrons. The second kappa shape index (κ2) is 4.18. The maximum atomic E-state index is 11.9. The molecule has 1 heterocycles. The van der Waals surface area contributed by atoms with Gasteiger partial charge in [-0.05, 0) is 29.3 Å². The average molecular weight is 239 g/mol. The lowest BCUT2D eigenvalue weighted by Gasteiger charge is -2.12. The van der Waals surface area contributed by atoms with Crippen molar-refractivity contribution < 1.29 is 9.53 Å². The van der Waals surface area contributed by atoms with Gasteiger partial charge in [-0.3, -0.25) is 4.79 Å². The highest BCUT2D eigenvalue weighted by atomic mass is 16.5. The summed E-state index contributed by atoms with van der Waals surface area (Å²) >= 11 is 0. The summed E-state index contributed by atoms with van der Waals surface area (Å²) in [6, 6.07) is 15.4. The van der Waals surface area contributed by atoms with E-state index in [1.165, 1.54) is 0 Å². The number of rotatable bonds is 2. The molecular weight excluding hydrogens is 226 g/mol. The topological polar surface area (TPSA) is 38.3 Å². The zero-order valence-corrected chi connectivity index (χ0v) is 10.0. The Morgan fingerprint density at radius 1 is 1.11 bits per heavy atom. The summed E-state index contributed by atoms with van der Waals surface area (Å²) in [5.74, 6) is 0.743. The lowest BCUT2D eigenvalue weighted by molar-refractivity contribution is 0.0960. The Morgan fingerprint density at radius 3 is 2.61 bits per heavy atom. The van der Waals surface area contributed by atoms with Crippen LogP contribution in [0.25, 0.3) is 0 Å². The number of carbonyl (C=O) groups excluding carboxylic acids is 1. The van der Waals surface area contributed by atoms with Gasteiger partial charge in [0.2, 0.25) is 0 Å². The molecular formula is C15H13NO2. The number of ether oxygens (including phenoxy) is 1. The Labute approximate surface area is 105 Å². The molecule has 3 rings (SSSR count). The summed E-state index contributed by atoms with van der Waals surface area (Å²) in [7, 11) is 1.63. The van der Waals surface area contributed by atoms with Gasteiger partial charge in [-0.2, -0.15) is 0 Å². The molecule has 0 saturated carbocycles. The van der Waals surface area contributed by atoms with E-state index < -0.39 is 0 Å². The normalized spacial score (nSPS) is 17.2. The van der Waals surface area contributed by atoms with Crippen LogP contribution in [0, 0.1) is 0 Å². The van der Waals surface area contributed by atoms with Gasteiger partial charge in [0.25, 0.3) is 5.91 Å². The third-order valence-corrected chi connectivity index (χ3v) is 3.22. The van der Waals surface area contributed by atoms with Crippen LogP contribution in [0.3, 0.4) is 0 Å². The van der Waals surface area contributed by atoms with Crippen LogP contribution in [0.4, 0.5) is 0 Å². The minimum Gasteiger partial charge on any atom is -0.497 e. The SMILES string of the molecule is COc1ccc2c(c1)[C@@H](c1ccccc1)NC2=O. The molecule has 1 amide bonds. The van der Waals surface area contributed by atoms with Gasteiger partial charge in [-0.25, -0.2) is 0 Å². The van der Waals surface area contributed by atoms with E-state index in [9.17, 15) is 4.79 Å². The quantitative estimate of drug-likeness (QED) is 0.874. The number of hydrogen-bond donors (Lipinski definition) is 1. The number of fused-ring (bicyclic) bond motifs is 1. The molecule has 3 heteroatoms. The van der Waals surface area contributed by atoms with E-state index >= 15 is 0 Å². The van der Waals surface area contributed by atoms with E-state index in [2.05, 4.69) is 5.32 Å². The molecule has 2 aromatic carbocycles. The minimum absolute atomic E-state index is 0.0264. The van der Waals surface area contributed by atoms with Crippen LogP contribution in [0.1, 0.15) is 27.5 Å². The van der Waals surface area contributed by atoms with E-state index in [4.69, 9.17) is 4.74 Å². The first-order valence-electron chi connectivity index (χ1n) is 5.83. The molecule has 0 unspecified atom stereocenters. The van der Waals surface area contributed by atoms with Gasteiger partial charge in [0.05, 0.1) is 13.2 Å². The van der Waals surface area contributed by atoms with Crippen LogP contribution in [0.5, 0.6) is 5.75 Å². The van der Waals surface area contributed by atoms with Crippen LogP contribution >= 0.6 is 0 Å². The van der Waals surface area contributed by atoms with E-state index in [0.29, 0.717) is 0 Å². The van der Waals surface area contributed by atoms with Crippen LogP contribution < -0.4 is 10.1 Å². The summed E-state index contributed by atoms with van der Waals surface area (Å²) in [6.07, 6.45) is 0. The highest BCUT2D eigenvalue weighted by Gasteiger charge is 2.29. The number of benzene rings is 2. The molecule has 0 spiro atoms. The highest BCUT2D eigenvalue weighted by Crippen LogP contribution is 2.33. The van der Waals surface area contributed by atoms with Crippen molar-refractivity contribution in [1.29, 1.82) is 0 Å². The van der Waals surface area contributed by atoms with Crippen LogP contribution in [0.15, 0.2) is 48.5 Å². The molecule has 3 nitrogen and oxygen atoms in total. The van der Waals surface area contributed by atoms with Crippen molar-refractivity contribution >= 4 is 5.91 Å². The lowest BCUT2D eigenvalue weighted by Crippen LogP contribution is -2.19. The molecule has 0 radical (unpaired) electrons. The summed E-state index contributed by atoms with van der Waals surface area (Å²) < 4.78 is 5.22. The van der Waals surface area contributed by atoms with Crippen molar-refractivity contribution in [1.82, 2.24) is 5.32 Å². The predicted octanol–water partition coefficient (Wildman–Crippen LogP) is 2.53. The van der Waals surface area contributed by atoms with Gasteiger partial charge >= 0.3 is 0 Å². The second-order valence-corrected chi connectivity index (χ2v) is 4.27. The van der Waals surface area contributed by atoms with Crippen molar-refractivity contribution in [2.45, 2.75) is 6.04 Å². The summed E-state index contributed by atoms with van der Waals surface area (Å²) in [4.78, 5) is 11.9. The Morgan fingerprint density at radius 2 is 1.89 bits per heavy atom. The van der Waals surface area contributed by atoms with E-state index in [1.54, 1.807) is 7.11 Å². The minimum atomic E-state index is -0.0798.